The molecule has 1 heterocycles. The molecule has 0 N–H and O–H groups in total. The van der Waals surface area contributed by atoms with Gasteiger partial charge >= 0.3 is 0 Å². The van der Waals surface area contributed by atoms with E-state index in [9.17, 15) is 0 Å². The first-order valence-electron chi connectivity index (χ1n) is 4.33. The second kappa shape index (κ2) is 4.38. The number of hydrogen-bond donors (Lipinski definition) is 0. The van der Waals surface area contributed by atoms with Crippen LogP contribution in [0.2, 0.25) is 5.02 Å². The first-order chi connectivity index (χ1) is 6.27. The predicted molar refractivity (Wildman–Crippen MR) is 53.7 cm³/mol. The fourth-order valence-corrected chi connectivity index (χ4v) is 1.17. The molecule has 0 radical (unpaired) electrons. The summed E-state index contributed by atoms with van der Waals surface area (Å²) in [6.07, 6.45) is 0. The molecule has 0 saturated carbocycles. The third kappa shape index (κ3) is 2.07. The molecule has 0 atom stereocenters. The molecule has 0 aliphatic carbocycles. The lowest BCUT2D eigenvalue weighted by Crippen LogP contribution is -1.92. The van der Waals surface area contributed by atoms with Crippen LogP contribution in [0.25, 0.3) is 0 Å². The van der Waals surface area contributed by atoms with Crippen molar-refractivity contribution >= 4 is 11.6 Å². The van der Waals surface area contributed by atoms with E-state index in [0.29, 0.717) is 11.8 Å². The normalized spacial score (nSPS) is 12.0. The van der Waals surface area contributed by atoms with Gasteiger partial charge in [-0.2, -0.15) is 0 Å². The Morgan fingerprint density at radius 3 is 2.31 bits per heavy atom. The number of ether oxygens (including phenoxy) is 2. The Morgan fingerprint density at radius 2 is 1.69 bits per heavy atom. The molecule has 0 aromatic heterocycles. The van der Waals surface area contributed by atoms with Gasteiger partial charge in [0.25, 0.3) is 0 Å². The van der Waals surface area contributed by atoms with Gasteiger partial charge in [0.05, 0.1) is 0 Å². The Kier molecular flexibility index (Phi) is 3.43. The summed E-state index contributed by atoms with van der Waals surface area (Å²) in [4.78, 5) is 0. The van der Waals surface area contributed by atoms with Crippen LogP contribution in [0.4, 0.5) is 0 Å². The first-order valence-corrected chi connectivity index (χ1v) is 4.71. The van der Waals surface area contributed by atoms with Gasteiger partial charge in [0.1, 0.15) is 0 Å². The summed E-state index contributed by atoms with van der Waals surface area (Å²) in [5, 5.41) is 0.717. The van der Waals surface area contributed by atoms with Crippen molar-refractivity contribution in [1.29, 1.82) is 0 Å². The zero-order valence-corrected chi connectivity index (χ0v) is 8.81. The predicted octanol–water partition coefficient (Wildman–Crippen LogP) is 3.40. The standard InChI is InChI=1S/C8H7ClO2.C2H6/c1-5-2-7-8(3-6(5)9)11-4-10-7;1-2/h2-3H,4H2,1H3;1-2H3. The highest BCUT2D eigenvalue weighted by Gasteiger charge is 2.14. The van der Waals surface area contributed by atoms with E-state index in [-0.39, 0.29) is 0 Å². The van der Waals surface area contributed by atoms with E-state index in [0.717, 1.165) is 17.1 Å². The van der Waals surface area contributed by atoms with Gasteiger partial charge in [0.15, 0.2) is 11.5 Å². The number of benzene rings is 1. The van der Waals surface area contributed by atoms with Crippen LogP contribution in [0.1, 0.15) is 19.4 Å². The molecular weight excluding hydrogens is 188 g/mol. The van der Waals surface area contributed by atoms with Crippen molar-refractivity contribution in [1.82, 2.24) is 0 Å². The Bertz CT molecular complexity index is 268. The number of aryl methyl sites for hydroxylation is 1. The highest BCUT2D eigenvalue weighted by atomic mass is 35.5. The van der Waals surface area contributed by atoms with Gasteiger partial charge in [-0.15, -0.1) is 0 Å². The van der Waals surface area contributed by atoms with E-state index in [1.54, 1.807) is 6.07 Å². The van der Waals surface area contributed by atoms with E-state index in [4.69, 9.17) is 21.1 Å². The molecule has 3 heteroatoms. The van der Waals surface area contributed by atoms with Crippen molar-refractivity contribution in [2.75, 3.05) is 6.79 Å². The molecule has 1 aliphatic rings. The Labute approximate surface area is 83.4 Å². The minimum atomic E-state index is 0.301. The minimum Gasteiger partial charge on any atom is -0.454 e. The molecule has 2 nitrogen and oxygen atoms in total. The number of rotatable bonds is 0. The Hall–Kier alpha value is -0.890. The van der Waals surface area contributed by atoms with Crippen LogP contribution in [0.5, 0.6) is 11.5 Å². The zero-order chi connectivity index (χ0) is 9.84. The molecule has 0 unspecified atom stereocenters. The topological polar surface area (TPSA) is 18.5 Å². The number of fused-ring (bicyclic) bond motifs is 1. The SMILES string of the molecule is CC.Cc1cc2c(cc1Cl)OCO2. The molecule has 13 heavy (non-hydrogen) atoms. The summed E-state index contributed by atoms with van der Waals surface area (Å²) in [7, 11) is 0. The van der Waals surface area contributed by atoms with Crippen LogP contribution in [-0.4, -0.2) is 6.79 Å². The highest BCUT2D eigenvalue weighted by molar-refractivity contribution is 6.31. The average molecular weight is 201 g/mol. The molecule has 2 rings (SSSR count). The number of hydrogen-bond acceptors (Lipinski definition) is 2. The molecule has 0 spiro atoms. The average Bonchev–Trinajstić information content (AvgIpc) is 2.56. The van der Waals surface area contributed by atoms with Crippen LogP contribution >= 0.6 is 11.6 Å². The van der Waals surface area contributed by atoms with E-state index in [2.05, 4.69) is 0 Å². The van der Waals surface area contributed by atoms with Crippen LogP contribution in [0.15, 0.2) is 12.1 Å². The van der Waals surface area contributed by atoms with Gasteiger partial charge in [-0.25, -0.2) is 0 Å². The summed E-state index contributed by atoms with van der Waals surface area (Å²) in [6.45, 7) is 6.24. The second-order valence-corrected chi connectivity index (χ2v) is 2.86. The van der Waals surface area contributed by atoms with Crippen molar-refractivity contribution < 1.29 is 9.47 Å². The quantitative estimate of drug-likeness (QED) is 0.639. The van der Waals surface area contributed by atoms with E-state index >= 15 is 0 Å². The molecule has 0 fully saturated rings. The number of halogens is 1. The van der Waals surface area contributed by atoms with E-state index < -0.39 is 0 Å². The molecule has 1 aromatic carbocycles. The summed E-state index contributed by atoms with van der Waals surface area (Å²) in [5.41, 5.74) is 1.01. The van der Waals surface area contributed by atoms with E-state index in [1.165, 1.54) is 0 Å². The van der Waals surface area contributed by atoms with Gasteiger partial charge in [0, 0.05) is 11.1 Å². The van der Waals surface area contributed by atoms with E-state index in [1.807, 2.05) is 26.8 Å². The fourth-order valence-electron chi connectivity index (χ4n) is 1.02. The first kappa shape index (κ1) is 10.2. The van der Waals surface area contributed by atoms with Gasteiger partial charge in [-0.3, -0.25) is 0 Å². The van der Waals surface area contributed by atoms with Gasteiger partial charge in [0.2, 0.25) is 6.79 Å². The molecular formula is C10H13ClO2. The van der Waals surface area contributed by atoms with Crippen LogP contribution < -0.4 is 9.47 Å². The summed E-state index contributed by atoms with van der Waals surface area (Å²) in [5.74, 6) is 1.52. The smallest absolute Gasteiger partial charge is 0.231 e. The lowest BCUT2D eigenvalue weighted by Gasteiger charge is -1.99. The Balaban J connectivity index is 0.000000396. The van der Waals surface area contributed by atoms with Gasteiger partial charge in [-0.05, 0) is 18.6 Å². The largest absolute Gasteiger partial charge is 0.454 e. The summed E-state index contributed by atoms with van der Waals surface area (Å²) >= 11 is 5.86. The molecule has 0 amide bonds. The van der Waals surface area contributed by atoms with Crippen LogP contribution in [0.3, 0.4) is 0 Å². The second-order valence-electron chi connectivity index (χ2n) is 2.45. The lowest BCUT2D eigenvalue weighted by atomic mass is 10.2. The maximum Gasteiger partial charge on any atom is 0.231 e. The summed E-state index contributed by atoms with van der Waals surface area (Å²) in [6, 6.07) is 3.66. The highest BCUT2D eigenvalue weighted by Crippen LogP contribution is 2.36. The summed E-state index contributed by atoms with van der Waals surface area (Å²) < 4.78 is 10.3. The third-order valence-corrected chi connectivity index (χ3v) is 2.06. The van der Waals surface area contributed by atoms with Crippen molar-refractivity contribution in [3.63, 3.8) is 0 Å². The van der Waals surface area contributed by atoms with Gasteiger partial charge < -0.3 is 9.47 Å². The third-order valence-electron chi connectivity index (χ3n) is 1.65. The van der Waals surface area contributed by atoms with Crippen molar-refractivity contribution in [2.45, 2.75) is 20.8 Å². The molecule has 1 aliphatic heterocycles. The lowest BCUT2D eigenvalue weighted by molar-refractivity contribution is 0.174. The van der Waals surface area contributed by atoms with Gasteiger partial charge in [-0.1, -0.05) is 25.4 Å². The van der Waals surface area contributed by atoms with Crippen molar-refractivity contribution in [3.8, 4) is 11.5 Å². The Morgan fingerprint density at radius 1 is 1.15 bits per heavy atom. The van der Waals surface area contributed by atoms with Crippen LogP contribution in [0, 0.1) is 6.92 Å². The zero-order valence-electron chi connectivity index (χ0n) is 8.06. The van der Waals surface area contributed by atoms with Crippen molar-refractivity contribution in [2.24, 2.45) is 0 Å². The molecule has 0 bridgehead atoms. The minimum absolute atomic E-state index is 0.301. The maximum atomic E-state index is 5.86. The maximum absolute atomic E-state index is 5.86. The monoisotopic (exact) mass is 200 g/mol. The van der Waals surface area contributed by atoms with Crippen molar-refractivity contribution in [3.05, 3.63) is 22.7 Å². The molecule has 0 saturated heterocycles. The molecule has 72 valence electrons. The van der Waals surface area contributed by atoms with Crippen LogP contribution in [-0.2, 0) is 0 Å². The fraction of sp³-hybridized carbons (Fsp3) is 0.400. The molecule has 1 aromatic rings.